The molecule has 1 aromatic heterocycles. The van der Waals surface area contributed by atoms with Crippen LogP contribution in [0.4, 0.5) is 5.95 Å². The summed E-state index contributed by atoms with van der Waals surface area (Å²) in [6.07, 6.45) is 6.01. The van der Waals surface area contributed by atoms with Gasteiger partial charge in [0.2, 0.25) is 5.72 Å². The van der Waals surface area contributed by atoms with Gasteiger partial charge in [0.05, 0.1) is 12.2 Å². The van der Waals surface area contributed by atoms with Crippen molar-refractivity contribution in [3.8, 4) is 0 Å². The van der Waals surface area contributed by atoms with Crippen LogP contribution in [0.3, 0.4) is 0 Å². The molecule has 4 nitrogen and oxygen atoms in total. The van der Waals surface area contributed by atoms with Gasteiger partial charge in [0, 0.05) is 16.1 Å². The minimum Gasteiger partial charge on any atom is -0.353 e. The largest absolute Gasteiger partial charge is 0.397 e. The molecule has 1 fully saturated rings. The second-order valence-corrected chi connectivity index (χ2v) is 6.39. The number of rotatable bonds is 2. The predicted octanol–water partition coefficient (Wildman–Crippen LogP) is 1.96. The number of benzene rings is 1. The maximum Gasteiger partial charge on any atom is 0.397 e. The minimum atomic E-state index is -0.997. The number of hydrogen-bond donors (Lipinski definition) is 1. The van der Waals surface area contributed by atoms with Gasteiger partial charge in [-0.25, -0.2) is 9.47 Å². The van der Waals surface area contributed by atoms with Crippen LogP contribution in [0.2, 0.25) is 0 Å². The molecule has 0 spiro atoms. The Balaban J connectivity index is 1.83. The van der Waals surface area contributed by atoms with Crippen LogP contribution in [-0.4, -0.2) is 16.1 Å². The Morgan fingerprint density at radius 1 is 1.30 bits per heavy atom. The highest BCUT2D eigenvalue weighted by molar-refractivity contribution is 9.10. The van der Waals surface area contributed by atoms with Crippen LogP contribution in [0.1, 0.15) is 18.4 Å². The molecule has 1 unspecified atom stereocenters. The van der Waals surface area contributed by atoms with Crippen LogP contribution in [0.25, 0.3) is 0 Å². The summed E-state index contributed by atoms with van der Waals surface area (Å²) >= 11 is 3.44. The molecule has 1 saturated carbocycles. The van der Waals surface area contributed by atoms with Gasteiger partial charge in [-0.05, 0) is 25.0 Å². The Labute approximate surface area is 125 Å². The molecule has 0 radical (unpaired) electrons. The van der Waals surface area contributed by atoms with E-state index in [1.54, 1.807) is 6.20 Å². The molecular formula is C15H15BrN3O+. The van der Waals surface area contributed by atoms with E-state index in [1.165, 1.54) is 0 Å². The van der Waals surface area contributed by atoms with E-state index in [4.69, 9.17) is 0 Å². The summed E-state index contributed by atoms with van der Waals surface area (Å²) < 4.78 is 3.05. The summed E-state index contributed by atoms with van der Waals surface area (Å²) in [7, 11) is 0. The molecule has 20 heavy (non-hydrogen) atoms. The zero-order chi connectivity index (χ0) is 13.7. The summed E-state index contributed by atoms with van der Waals surface area (Å²) in [6.45, 7) is 0.522. The molecule has 0 bridgehead atoms. The van der Waals surface area contributed by atoms with Crippen molar-refractivity contribution >= 4 is 21.9 Å². The fraction of sp³-hybridized carbons (Fsp3) is 0.333. The summed E-state index contributed by atoms with van der Waals surface area (Å²) in [5, 5.41) is 11.3. The van der Waals surface area contributed by atoms with Crippen molar-refractivity contribution in [3.63, 3.8) is 0 Å². The highest BCUT2D eigenvalue weighted by Gasteiger charge is 2.57. The monoisotopic (exact) mass is 332 g/mol. The summed E-state index contributed by atoms with van der Waals surface area (Å²) in [5.41, 5.74) is -0.0819. The van der Waals surface area contributed by atoms with Gasteiger partial charge in [-0.2, -0.15) is 0 Å². The lowest BCUT2D eigenvalue weighted by Crippen LogP contribution is -2.46. The Morgan fingerprint density at radius 2 is 2.05 bits per heavy atom. The number of hydrogen-bond acceptors (Lipinski definition) is 3. The van der Waals surface area contributed by atoms with Crippen molar-refractivity contribution < 1.29 is 9.67 Å². The lowest BCUT2D eigenvalue weighted by Gasteiger charge is -2.28. The molecule has 1 aliphatic heterocycles. The molecule has 4 rings (SSSR count). The van der Waals surface area contributed by atoms with Gasteiger partial charge in [-0.15, -0.1) is 0 Å². The van der Waals surface area contributed by atoms with Crippen molar-refractivity contribution in [3.05, 3.63) is 52.8 Å². The normalized spacial score (nSPS) is 24.8. The Bertz CT molecular complexity index is 656. The molecule has 2 heterocycles. The standard InChI is InChI=1S/C15H15BrN3O/c16-12-4-2-11(3-5-12)15(20)10-18-9-1-8-17-14(18)19(15)13-6-7-13/h1-5,8-9,13,20H,6-7,10H2/q+1. The van der Waals surface area contributed by atoms with Gasteiger partial charge in [0.1, 0.15) is 12.7 Å². The fourth-order valence-corrected chi connectivity index (χ4v) is 3.21. The average molecular weight is 333 g/mol. The third kappa shape index (κ3) is 1.77. The first-order chi connectivity index (χ1) is 9.68. The van der Waals surface area contributed by atoms with Crippen LogP contribution in [-0.2, 0) is 12.3 Å². The molecule has 2 aromatic rings. The number of anilines is 1. The number of halogens is 1. The molecule has 0 amide bonds. The van der Waals surface area contributed by atoms with Crippen molar-refractivity contribution in [1.29, 1.82) is 0 Å². The van der Waals surface area contributed by atoms with E-state index < -0.39 is 5.72 Å². The second kappa shape index (κ2) is 4.27. The van der Waals surface area contributed by atoms with Crippen LogP contribution in [0.5, 0.6) is 0 Å². The molecule has 0 saturated heterocycles. The van der Waals surface area contributed by atoms with Crippen LogP contribution < -0.4 is 9.47 Å². The first-order valence-electron chi connectivity index (χ1n) is 6.81. The van der Waals surface area contributed by atoms with Crippen molar-refractivity contribution in [2.45, 2.75) is 31.2 Å². The molecule has 1 aromatic carbocycles. The first kappa shape index (κ1) is 12.3. The number of fused-ring (bicyclic) bond motifs is 1. The van der Waals surface area contributed by atoms with Gasteiger partial charge in [-0.3, -0.25) is 0 Å². The number of aromatic nitrogens is 2. The highest BCUT2D eigenvalue weighted by Crippen LogP contribution is 2.42. The third-order valence-electron chi connectivity index (χ3n) is 4.02. The SMILES string of the molecule is OC1(c2ccc(Br)cc2)C[n+]2cccnc2N1C1CC1. The highest BCUT2D eigenvalue weighted by atomic mass is 79.9. The van der Waals surface area contributed by atoms with Crippen molar-refractivity contribution in [1.82, 2.24) is 4.98 Å². The lowest BCUT2D eigenvalue weighted by molar-refractivity contribution is -0.685. The number of nitrogens with zero attached hydrogens (tertiary/aromatic N) is 3. The van der Waals surface area contributed by atoms with E-state index in [9.17, 15) is 5.11 Å². The molecular weight excluding hydrogens is 318 g/mol. The van der Waals surface area contributed by atoms with E-state index in [0.717, 1.165) is 28.8 Å². The molecule has 2 aliphatic rings. The van der Waals surface area contributed by atoms with Gasteiger partial charge in [0.15, 0.2) is 0 Å². The zero-order valence-electron chi connectivity index (χ0n) is 10.9. The third-order valence-corrected chi connectivity index (χ3v) is 4.55. The smallest absolute Gasteiger partial charge is 0.353 e. The molecule has 1 atom stereocenters. The van der Waals surface area contributed by atoms with Gasteiger partial charge >= 0.3 is 5.95 Å². The van der Waals surface area contributed by atoms with Gasteiger partial charge in [0.25, 0.3) is 0 Å². The van der Waals surface area contributed by atoms with E-state index in [-0.39, 0.29) is 0 Å². The van der Waals surface area contributed by atoms with Gasteiger partial charge in [-0.1, -0.05) is 33.0 Å². The summed E-state index contributed by atoms with van der Waals surface area (Å²) in [5.74, 6) is 0.861. The fourth-order valence-electron chi connectivity index (χ4n) is 2.94. The average Bonchev–Trinajstić information content (AvgIpc) is 3.22. The molecule has 1 N–H and O–H groups in total. The van der Waals surface area contributed by atoms with E-state index >= 15 is 0 Å². The Kier molecular flexibility index (Phi) is 2.62. The molecule has 102 valence electrons. The predicted molar refractivity (Wildman–Crippen MR) is 78.0 cm³/mol. The molecule has 5 heteroatoms. The quantitative estimate of drug-likeness (QED) is 0.854. The Morgan fingerprint density at radius 3 is 2.75 bits per heavy atom. The molecule has 1 aliphatic carbocycles. The topological polar surface area (TPSA) is 40.2 Å². The lowest BCUT2D eigenvalue weighted by atomic mass is 10.0. The van der Waals surface area contributed by atoms with Crippen molar-refractivity contribution in [2.24, 2.45) is 0 Å². The van der Waals surface area contributed by atoms with Crippen LogP contribution in [0, 0.1) is 0 Å². The zero-order valence-corrected chi connectivity index (χ0v) is 12.5. The van der Waals surface area contributed by atoms with Crippen molar-refractivity contribution in [2.75, 3.05) is 4.90 Å². The maximum atomic E-state index is 11.3. The van der Waals surface area contributed by atoms with Gasteiger partial charge < -0.3 is 5.11 Å². The van der Waals surface area contributed by atoms with Crippen LogP contribution >= 0.6 is 15.9 Å². The summed E-state index contributed by atoms with van der Waals surface area (Å²) in [4.78, 5) is 6.54. The first-order valence-corrected chi connectivity index (χ1v) is 7.60. The minimum absolute atomic E-state index is 0.396. The van der Waals surface area contributed by atoms with E-state index in [2.05, 4.69) is 25.8 Å². The van der Waals surface area contributed by atoms with E-state index in [1.807, 2.05) is 41.1 Å². The van der Waals surface area contributed by atoms with E-state index in [0.29, 0.717) is 12.6 Å². The maximum absolute atomic E-state index is 11.3. The Hall–Kier alpha value is -1.46. The second-order valence-electron chi connectivity index (χ2n) is 5.47. The summed E-state index contributed by atoms with van der Waals surface area (Å²) in [6, 6.07) is 10.2. The van der Waals surface area contributed by atoms with Crippen LogP contribution in [0.15, 0.2) is 47.2 Å². The number of aliphatic hydroxyl groups is 1.